The van der Waals surface area contributed by atoms with Gasteiger partial charge in [-0.05, 0) is 111 Å². The monoisotopic (exact) mass is 410 g/mol. The van der Waals surface area contributed by atoms with Gasteiger partial charge in [0, 0.05) is 0 Å². The predicted octanol–water partition coefficient (Wildman–Crippen LogP) is 7.72. The van der Waals surface area contributed by atoms with E-state index in [4.69, 9.17) is 0 Å². The van der Waals surface area contributed by atoms with Crippen LogP contribution in [0.5, 0.6) is 0 Å². The van der Waals surface area contributed by atoms with Crippen LogP contribution in [0.3, 0.4) is 0 Å². The second-order valence-electron chi connectivity index (χ2n) is 12.0. The SMILES string of the molecule is C=C(C)[C@H](/C=C/[C@@H](C)[C@H]1CC[C@H]2[C@H]3CC=C4C[C@@H](O)CC[C@]4(C)[C@H]3CC[C@]12C)CC. The Labute approximate surface area is 186 Å². The number of fused-ring (bicyclic) bond motifs is 5. The third kappa shape index (κ3) is 3.58. The summed E-state index contributed by atoms with van der Waals surface area (Å²) in [5.41, 5.74) is 3.77. The smallest absolute Gasteiger partial charge is 0.0577 e. The van der Waals surface area contributed by atoms with E-state index in [0.717, 1.165) is 42.9 Å². The van der Waals surface area contributed by atoms with Crippen LogP contribution in [0.2, 0.25) is 0 Å². The molecule has 30 heavy (non-hydrogen) atoms. The molecule has 0 amide bonds. The van der Waals surface area contributed by atoms with Gasteiger partial charge in [-0.25, -0.2) is 0 Å². The minimum atomic E-state index is -0.0932. The van der Waals surface area contributed by atoms with E-state index < -0.39 is 0 Å². The number of allylic oxidation sites excluding steroid dienone is 4. The van der Waals surface area contributed by atoms with Crippen LogP contribution in [0, 0.1) is 46.3 Å². The van der Waals surface area contributed by atoms with Crippen molar-refractivity contribution in [1.82, 2.24) is 0 Å². The van der Waals surface area contributed by atoms with Crippen LogP contribution in [-0.2, 0) is 0 Å². The van der Waals surface area contributed by atoms with Crippen molar-refractivity contribution < 1.29 is 5.11 Å². The molecule has 3 fully saturated rings. The van der Waals surface area contributed by atoms with E-state index in [1.54, 1.807) is 5.57 Å². The van der Waals surface area contributed by atoms with Crippen molar-refractivity contribution in [2.24, 2.45) is 46.3 Å². The summed E-state index contributed by atoms with van der Waals surface area (Å²) in [4.78, 5) is 0. The Balaban J connectivity index is 1.53. The van der Waals surface area contributed by atoms with E-state index in [1.807, 2.05) is 0 Å². The first kappa shape index (κ1) is 22.4. The molecule has 168 valence electrons. The summed E-state index contributed by atoms with van der Waals surface area (Å²) >= 11 is 0. The maximum absolute atomic E-state index is 10.2. The molecule has 0 unspecified atom stereocenters. The molecule has 0 aliphatic heterocycles. The topological polar surface area (TPSA) is 20.2 Å². The summed E-state index contributed by atoms with van der Waals surface area (Å²) in [7, 11) is 0. The highest BCUT2D eigenvalue weighted by Gasteiger charge is 2.58. The van der Waals surface area contributed by atoms with Crippen molar-refractivity contribution in [2.75, 3.05) is 0 Å². The maximum atomic E-state index is 10.2. The molecule has 0 heterocycles. The molecule has 3 saturated carbocycles. The minimum Gasteiger partial charge on any atom is -0.393 e. The Kier molecular flexibility index (Phi) is 6.17. The fourth-order valence-corrected chi connectivity index (χ4v) is 8.64. The summed E-state index contributed by atoms with van der Waals surface area (Å²) in [5.74, 6) is 4.64. The highest BCUT2D eigenvalue weighted by atomic mass is 16.3. The number of rotatable bonds is 5. The van der Waals surface area contributed by atoms with Crippen LogP contribution in [0.25, 0.3) is 0 Å². The van der Waals surface area contributed by atoms with Crippen LogP contribution >= 0.6 is 0 Å². The van der Waals surface area contributed by atoms with Gasteiger partial charge in [-0.3, -0.25) is 0 Å². The second kappa shape index (κ2) is 8.27. The first-order chi connectivity index (χ1) is 14.2. The predicted molar refractivity (Wildman–Crippen MR) is 128 cm³/mol. The molecule has 1 N–H and O–H groups in total. The van der Waals surface area contributed by atoms with E-state index in [2.05, 4.69) is 59.4 Å². The van der Waals surface area contributed by atoms with Crippen molar-refractivity contribution >= 4 is 0 Å². The van der Waals surface area contributed by atoms with Gasteiger partial charge in [0.05, 0.1) is 6.10 Å². The average Bonchev–Trinajstić information content (AvgIpc) is 3.06. The molecule has 0 bridgehead atoms. The normalized spacial score (nSPS) is 45.3. The van der Waals surface area contributed by atoms with Gasteiger partial charge in [-0.1, -0.05) is 63.6 Å². The van der Waals surface area contributed by atoms with Gasteiger partial charge in [0.25, 0.3) is 0 Å². The molecule has 0 aromatic rings. The van der Waals surface area contributed by atoms with E-state index in [-0.39, 0.29) is 6.10 Å². The Morgan fingerprint density at radius 1 is 1.17 bits per heavy atom. The molecule has 4 rings (SSSR count). The molecule has 0 spiro atoms. The zero-order chi connectivity index (χ0) is 21.7. The largest absolute Gasteiger partial charge is 0.393 e. The molecule has 9 atom stereocenters. The van der Waals surface area contributed by atoms with Gasteiger partial charge in [0.2, 0.25) is 0 Å². The molecule has 4 aliphatic carbocycles. The number of aliphatic hydroxyl groups is 1. The molecule has 1 nitrogen and oxygen atoms in total. The quantitative estimate of drug-likeness (QED) is 0.460. The van der Waals surface area contributed by atoms with Gasteiger partial charge in [-0.15, -0.1) is 0 Å². The third-order valence-electron chi connectivity index (χ3n) is 10.5. The maximum Gasteiger partial charge on any atom is 0.0577 e. The van der Waals surface area contributed by atoms with Crippen LogP contribution in [0.15, 0.2) is 36.0 Å². The molecular formula is C29H46O. The van der Waals surface area contributed by atoms with Crippen LogP contribution in [0.1, 0.15) is 92.4 Å². The summed E-state index contributed by atoms with van der Waals surface area (Å²) < 4.78 is 0. The Morgan fingerprint density at radius 3 is 2.63 bits per heavy atom. The first-order valence-electron chi connectivity index (χ1n) is 12.9. The van der Waals surface area contributed by atoms with Gasteiger partial charge in [-0.2, -0.15) is 0 Å². The summed E-state index contributed by atoms with van der Waals surface area (Å²) in [6.07, 6.45) is 18.7. The lowest BCUT2D eigenvalue weighted by molar-refractivity contribution is -0.0540. The zero-order valence-corrected chi connectivity index (χ0v) is 20.3. The van der Waals surface area contributed by atoms with E-state index >= 15 is 0 Å². The molecule has 1 heteroatoms. The minimum absolute atomic E-state index is 0.0932. The molecule has 0 aromatic carbocycles. The van der Waals surface area contributed by atoms with Crippen molar-refractivity contribution in [3.8, 4) is 0 Å². The van der Waals surface area contributed by atoms with Gasteiger partial charge >= 0.3 is 0 Å². The lowest BCUT2D eigenvalue weighted by Gasteiger charge is -2.58. The average molecular weight is 411 g/mol. The Hall–Kier alpha value is -0.820. The first-order valence-corrected chi connectivity index (χ1v) is 12.9. The van der Waals surface area contributed by atoms with Gasteiger partial charge < -0.3 is 5.11 Å². The summed E-state index contributed by atoms with van der Waals surface area (Å²) in [6.45, 7) is 16.3. The van der Waals surface area contributed by atoms with E-state index in [0.29, 0.717) is 22.7 Å². The Bertz CT molecular complexity index is 716. The van der Waals surface area contributed by atoms with Crippen molar-refractivity contribution in [3.63, 3.8) is 0 Å². The van der Waals surface area contributed by atoms with E-state index in [9.17, 15) is 5.11 Å². The lowest BCUT2D eigenvalue weighted by atomic mass is 9.47. The van der Waals surface area contributed by atoms with Crippen LogP contribution in [-0.4, -0.2) is 11.2 Å². The number of hydrogen-bond acceptors (Lipinski definition) is 1. The molecular weight excluding hydrogens is 364 g/mol. The van der Waals surface area contributed by atoms with Gasteiger partial charge in [0.15, 0.2) is 0 Å². The molecule has 0 aromatic heterocycles. The highest BCUT2D eigenvalue weighted by Crippen LogP contribution is 2.67. The third-order valence-corrected chi connectivity index (χ3v) is 10.5. The standard InChI is InChI=1S/C29H46O/c1-7-21(19(2)3)9-8-20(4)25-12-13-26-24-11-10-22-18-23(30)14-16-28(22,5)27(24)15-17-29(25,26)6/h8-10,20-21,23-27,30H,2,7,11-18H2,1,3-6H3/b9-8+/t20-,21+,23+,24-,25-,26+,27+,28+,29-/m1/s1. The lowest BCUT2D eigenvalue weighted by Crippen LogP contribution is -2.50. The molecule has 4 aliphatic rings. The number of hydrogen-bond donors (Lipinski definition) is 1. The fourth-order valence-electron chi connectivity index (χ4n) is 8.64. The second-order valence-corrected chi connectivity index (χ2v) is 12.0. The van der Waals surface area contributed by atoms with Gasteiger partial charge in [0.1, 0.15) is 0 Å². The van der Waals surface area contributed by atoms with Crippen molar-refractivity contribution in [3.05, 3.63) is 36.0 Å². The summed E-state index contributed by atoms with van der Waals surface area (Å²) in [6, 6.07) is 0. The zero-order valence-electron chi connectivity index (χ0n) is 20.3. The molecule has 0 radical (unpaired) electrons. The number of aliphatic hydroxyl groups excluding tert-OH is 1. The highest BCUT2D eigenvalue weighted by molar-refractivity contribution is 5.25. The Morgan fingerprint density at radius 2 is 1.93 bits per heavy atom. The molecule has 0 saturated heterocycles. The van der Waals surface area contributed by atoms with Crippen molar-refractivity contribution in [1.29, 1.82) is 0 Å². The van der Waals surface area contributed by atoms with Crippen molar-refractivity contribution in [2.45, 2.75) is 98.5 Å². The summed E-state index contributed by atoms with van der Waals surface area (Å²) in [5, 5.41) is 10.2. The van der Waals surface area contributed by atoms with Crippen LogP contribution < -0.4 is 0 Å². The van der Waals surface area contributed by atoms with Crippen LogP contribution in [0.4, 0.5) is 0 Å². The fraction of sp³-hybridized carbons (Fsp3) is 0.793. The van der Waals surface area contributed by atoms with E-state index in [1.165, 1.54) is 44.1 Å².